The molecular weight excluding hydrogens is 474 g/mol. The zero-order valence-corrected chi connectivity index (χ0v) is 21.1. The summed E-state index contributed by atoms with van der Waals surface area (Å²) in [6, 6.07) is 12.7. The van der Waals surface area contributed by atoms with Crippen LogP contribution in [0.15, 0.2) is 42.5 Å². The Morgan fingerprint density at radius 1 is 0.973 bits per heavy atom. The molecule has 0 saturated carbocycles. The van der Waals surface area contributed by atoms with Crippen molar-refractivity contribution in [3.8, 4) is 11.5 Å². The molecule has 196 valence electrons. The van der Waals surface area contributed by atoms with Gasteiger partial charge < -0.3 is 25.0 Å². The summed E-state index contributed by atoms with van der Waals surface area (Å²) in [5, 5.41) is 5.62. The Morgan fingerprint density at radius 3 is 2.49 bits per heavy atom. The standard InChI is InChI=1S/C27H33N5O5/c1-19-2-5-21(6-3-19)29-25(33)15-22-27(35)28-8-9-32(22)26(34)17-31-12-10-30(11-13-31)16-20-4-7-23-24(14-20)37-18-36-23/h2-7,14,22H,8-13,15-18H2,1H3,(H,28,35)(H,29,33). The second kappa shape index (κ2) is 11.2. The summed E-state index contributed by atoms with van der Waals surface area (Å²) >= 11 is 0. The minimum atomic E-state index is -0.806. The summed E-state index contributed by atoms with van der Waals surface area (Å²) in [6.45, 7) is 7.27. The Morgan fingerprint density at radius 2 is 1.70 bits per heavy atom. The van der Waals surface area contributed by atoms with Crippen molar-refractivity contribution in [2.24, 2.45) is 0 Å². The van der Waals surface area contributed by atoms with Crippen molar-refractivity contribution < 1.29 is 23.9 Å². The molecule has 37 heavy (non-hydrogen) atoms. The zero-order chi connectivity index (χ0) is 25.8. The third kappa shape index (κ3) is 6.20. The number of anilines is 1. The molecule has 3 heterocycles. The van der Waals surface area contributed by atoms with Gasteiger partial charge in [-0.25, -0.2) is 0 Å². The summed E-state index contributed by atoms with van der Waals surface area (Å²) in [4.78, 5) is 44.5. The summed E-state index contributed by atoms with van der Waals surface area (Å²) in [6.07, 6.45) is -0.0746. The van der Waals surface area contributed by atoms with E-state index in [9.17, 15) is 14.4 Å². The maximum Gasteiger partial charge on any atom is 0.243 e. The second-order valence-corrected chi connectivity index (χ2v) is 9.75. The lowest BCUT2D eigenvalue weighted by atomic mass is 10.1. The number of carbonyl (C=O) groups is 3. The molecule has 2 fully saturated rings. The fourth-order valence-corrected chi connectivity index (χ4v) is 4.93. The van der Waals surface area contributed by atoms with Gasteiger partial charge in [0.1, 0.15) is 6.04 Å². The topological polar surface area (TPSA) is 103 Å². The summed E-state index contributed by atoms with van der Waals surface area (Å²) in [5.74, 6) is 0.874. The predicted molar refractivity (Wildman–Crippen MR) is 137 cm³/mol. The fraction of sp³-hybridized carbons (Fsp3) is 0.444. The van der Waals surface area contributed by atoms with Gasteiger partial charge in [0.25, 0.3) is 0 Å². The molecule has 3 amide bonds. The van der Waals surface area contributed by atoms with E-state index in [2.05, 4.69) is 26.5 Å². The van der Waals surface area contributed by atoms with Crippen molar-refractivity contribution in [3.05, 3.63) is 53.6 Å². The van der Waals surface area contributed by atoms with Crippen molar-refractivity contribution >= 4 is 23.4 Å². The van der Waals surface area contributed by atoms with E-state index >= 15 is 0 Å². The first-order valence-electron chi connectivity index (χ1n) is 12.7. The molecule has 10 heteroatoms. The molecule has 0 aliphatic carbocycles. The number of rotatable bonds is 7. The first-order valence-corrected chi connectivity index (χ1v) is 12.7. The van der Waals surface area contributed by atoms with Crippen LogP contribution in [0.2, 0.25) is 0 Å². The summed E-state index contributed by atoms with van der Waals surface area (Å²) in [7, 11) is 0. The van der Waals surface area contributed by atoms with Crippen LogP contribution in [0.5, 0.6) is 11.5 Å². The number of ether oxygens (including phenoxy) is 2. The minimum Gasteiger partial charge on any atom is -0.454 e. The highest BCUT2D eigenvalue weighted by Gasteiger charge is 2.35. The van der Waals surface area contributed by atoms with Crippen LogP contribution >= 0.6 is 0 Å². The molecule has 5 rings (SSSR count). The van der Waals surface area contributed by atoms with Crippen molar-refractivity contribution in [1.82, 2.24) is 20.0 Å². The second-order valence-electron chi connectivity index (χ2n) is 9.75. The van der Waals surface area contributed by atoms with E-state index < -0.39 is 6.04 Å². The van der Waals surface area contributed by atoms with E-state index in [0.29, 0.717) is 18.8 Å². The smallest absolute Gasteiger partial charge is 0.243 e. The van der Waals surface area contributed by atoms with Crippen molar-refractivity contribution in [3.63, 3.8) is 0 Å². The van der Waals surface area contributed by atoms with E-state index in [1.54, 1.807) is 4.90 Å². The van der Waals surface area contributed by atoms with Gasteiger partial charge in [-0.1, -0.05) is 23.8 Å². The number of fused-ring (bicyclic) bond motifs is 1. The van der Waals surface area contributed by atoms with Crippen LogP contribution in [-0.2, 0) is 20.9 Å². The van der Waals surface area contributed by atoms with Crippen molar-refractivity contribution in [1.29, 1.82) is 0 Å². The Hall–Kier alpha value is -3.63. The SMILES string of the molecule is Cc1ccc(NC(=O)CC2C(=O)NCCN2C(=O)CN2CCN(Cc3ccc4c(c3)OCO4)CC2)cc1. The van der Waals surface area contributed by atoms with Gasteiger partial charge in [-0.3, -0.25) is 24.2 Å². The average Bonchev–Trinajstić information content (AvgIpc) is 3.36. The molecule has 2 aromatic rings. The van der Waals surface area contributed by atoms with Gasteiger partial charge in [-0.05, 0) is 36.8 Å². The number of nitrogens with one attached hydrogen (secondary N) is 2. The molecular formula is C27H33N5O5. The van der Waals surface area contributed by atoms with Gasteiger partial charge in [-0.15, -0.1) is 0 Å². The highest BCUT2D eigenvalue weighted by molar-refractivity contribution is 5.97. The average molecular weight is 508 g/mol. The van der Waals surface area contributed by atoms with Crippen molar-refractivity contribution in [2.45, 2.75) is 25.9 Å². The quantitative estimate of drug-likeness (QED) is 0.581. The lowest BCUT2D eigenvalue weighted by Gasteiger charge is -2.38. The number of piperazine rings is 2. The van der Waals surface area contributed by atoms with E-state index in [-0.39, 0.29) is 37.5 Å². The molecule has 3 aliphatic rings. The third-order valence-electron chi connectivity index (χ3n) is 7.03. The van der Waals surface area contributed by atoms with Crippen LogP contribution in [0.4, 0.5) is 5.69 Å². The number of hydrogen-bond acceptors (Lipinski definition) is 7. The molecule has 2 aromatic carbocycles. The molecule has 0 spiro atoms. The monoisotopic (exact) mass is 507 g/mol. The number of hydrogen-bond donors (Lipinski definition) is 2. The largest absolute Gasteiger partial charge is 0.454 e. The maximum atomic E-state index is 13.2. The van der Waals surface area contributed by atoms with E-state index in [0.717, 1.165) is 49.8 Å². The van der Waals surface area contributed by atoms with Gasteiger partial charge >= 0.3 is 0 Å². The number of benzene rings is 2. The van der Waals surface area contributed by atoms with Crippen LogP contribution < -0.4 is 20.1 Å². The Labute approximate surface area is 216 Å². The number of carbonyl (C=O) groups excluding carboxylic acids is 3. The zero-order valence-electron chi connectivity index (χ0n) is 21.1. The molecule has 0 aromatic heterocycles. The number of aryl methyl sites for hydroxylation is 1. The van der Waals surface area contributed by atoms with Gasteiger partial charge in [0.15, 0.2) is 11.5 Å². The van der Waals surface area contributed by atoms with E-state index in [1.807, 2.05) is 43.3 Å². The molecule has 10 nitrogen and oxygen atoms in total. The molecule has 2 saturated heterocycles. The van der Waals surface area contributed by atoms with Crippen LogP contribution in [0.1, 0.15) is 17.5 Å². The van der Waals surface area contributed by atoms with Gasteiger partial charge in [0.05, 0.1) is 13.0 Å². The molecule has 1 unspecified atom stereocenters. The van der Waals surface area contributed by atoms with Crippen LogP contribution in [-0.4, -0.2) is 91.1 Å². The first-order chi connectivity index (χ1) is 17.9. The van der Waals surface area contributed by atoms with Crippen molar-refractivity contribution in [2.75, 3.05) is 57.9 Å². The van der Waals surface area contributed by atoms with Gasteiger partial charge in [-0.2, -0.15) is 0 Å². The predicted octanol–water partition coefficient (Wildman–Crippen LogP) is 1.20. The molecule has 0 bridgehead atoms. The Balaban J connectivity index is 1.11. The lowest BCUT2D eigenvalue weighted by Crippen LogP contribution is -2.60. The fourth-order valence-electron chi connectivity index (χ4n) is 4.93. The minimum absolute atomic E-state index is 0.0746. The van der Waals surface area contributed by atoms with Crippen LogP contribution in [0.3, 0.4) is 0 Å². The highest BCUT2D eigenvalue weighted by atomic mass is 16.7. The summed E-state index contributed by atoms with van der Waals surface area (Å²) < 4.78 is 10.9. The molecule has 3 aliphatic heterocycles. The third-order valence-corrected chi connectivity index (χ3v) is 7.03. The Kier molecular flexibility index (Phi) is 7.57. The number of nitrogens with zero attached hydrogens (tertiary/aromatic N) is 3. The van der Waals surface area contributed by atoms with Crippen LogP contribution in [0, 0.1) is 6.92 Å². The highest BCUT2D eigenvalue weighted by Crippen LogP contribution is 2.32. The lowest BCUT2D eigenvalue weighted by molar-refractivity contribution is -0.145. The van der Waals surface area contributed by atoms with Crippen LogP contribution in [0.25, 0.3) is 0 Å². The van der Waals surface area contributed by atoms with Gasteiger partial charge in [0.2, 0.25) is 24.5 Å². The van der Waals surface area contributed by atoms with E-state index in [1.165, 1.54) is 5.56 Å². The normalized spacial score (nSPS) is 20.0. The van der Waals surface area contributed by atoms with E-state index in [4.69, 9.17) is 9.47 Å². The summed E-state index contributed by atoms with van der Waals surface area (Å²) in [5.41, 5.74) is 2.93. The molecule has 0 radical (unpaired) electrons. The molecule has 2 N–H and O–H groups in total. The number of amides is 3. The first kappa shape index (κ1) is 25.0. The maximum absolute atomic E-state index is 13.2. The Bertz CT molecular complexity index is 1150. The molecule has 1 atom stereocenters. The van der Waals surface area contributed by atoms with Gasteiger partial charge in [0, 0.05) is 51.5 Å².